The average Bonchev–Trinajstić information content (AvgIpc) is 3.13. The molecule has 4 aliphatic carbocycles. The molecule has 184 valence electrons. The summed E-state index contributed by atoms with van der Waals surface area (Å²) in [6.07, 6.45) is 10.7. The molecule has 32 heavy (non-hydrogen) atoms. The summed E-state index contributed by atoms with van der Waals surface area (Å²) in [5.41, 5.74) is 0.648. The Morgan fingerprint density at radius 1 is 1.03 bits per heavy atom. The highest BCUT2D eigenvalue weighted by Gasteiger charge is 2.63. The third-order valence-corrected chi connectivity index (χ3v) is 10.8. The Morgan fingerprint density at radius 2 is 1.75 bits per heavy atom. The Kier molecular flexibility index (Phi) is 7.30. The average molecular weight is 451 g/mol. The number of ether oxygens (including phenoxy) is 3. The molecule has 0 aromatic rings. The Labute approximate surface area is 195 Å². The fourth-order valence-corrected chi connectivity index (χ4v) is 9.13. The van der Waals surface area contributed by atoms with Crippen LogP contribution in [0.4, 0.5) is 0 Å². The van der Waals surface area contributed by atoms with Crippen molar-refractivity contribution in [2.75, 3.05) is 21.0 Å². The van der Waals surface area contributed by atoms with Gasteiger partial charge in [-0.1, -0.05) is 20.8 Å². The summed E-state index contributed by atoms with van der Waals surface area (Å²) >= 11 is 0. The molecule has 0 saturated heterocycles. The lowest BCUT2D eigenvalue weighted by Crippen LogP contribution is -2.59. The number of esters is 1. The Morgan fingerprint density at radius 3 is 2.47 bits per heavy atom. The van der Waals surface area contributed by atoms with Gasteiger partial charge in [0.2, 0.25) is 0 Å². The third-order valence-electron chi connectivity index (χ3n) is 10.8. The van der Waals surface area contributed by atoms with Crippen molar-refractivity contribution in [3.63, 3.8) is 0 Å². The van der Waals surface area contributed by atoms with Crippen LogP contribution in [0.1, 0.15) is 85.0 Å². The van der Waals surface area contributed by atoms with Crippen molar-refractivity contribution in [3.8, 4) is 0 Å². The molecule has 4 saturated carbocycles. The quantitative estimate of drug-likeness (QED) is 0.427. The molecule has 0 heterocycles. The summed E-state index contributed by atoms with van der Waals surface area (Å²) in [7, 11) is 3.21. The SMILES string of the molecule is COCO[C@@H]1C[C@H]2C[C@H](O)CC[C@]2(C)[C@H]2CC[C@]3(C)[C@@H]([C@H](C)CCC(=O)OC)CC[C@H]3[C@H]12. The molecule has 0 radical (unpaired) electrons. The van der Waals surface area contributed by atoms with E-state index in [4.69, 9.17) is 14.2 Å². The maximum Gasteiger partial charge on any atom is 0.305 e. The zero-order chi connectivity index (χ0) is 23.1. The van der Waals surface area contributed by atoms with E-state index in [0.717, 1.165) is 32.1 Å². The minimum atomic E-state index is -0.145. The molecule has 0 amide bonds. The van der Waals surface area contributed by atoms with Gasteiger partial charge in [0.1, 0.15) is 6.79 Å². The highest BCUT2D eigenvalue weighted by molar-refractivity contribution is 5.69. The van der Waals surface area contributed by atoms with Gasteiger partial charge in [0.05, 0.1) is 19.3 Å². The van der Waals surface area contributed by atoms with Gasteiger partial charge >= 0.3 is 5.97 Å². The summed E-state index contributed by atoms with van der Waals surface area (Å²) in [6.45, 7) is 7.80. The van der Waals surface area contributed by atoms with Crippen molar-refractivity contribution >= 4 is 5.97 Å². The fraction of sp³-hybridized carbons (Fsp3) is 0.963. The molecule has 5 nitrogen and oxygen atoms in total. The van der Waals surface area contributed by atoms with Crippen molar-refractivity contribution in [1.29, 1.82) is 0 Å². The van der Waals surface area contributed by atoms with Crippen molar-refractivity contribution in [3.05, 3.63) is 0 Å². The van der Waals surface area contributed by atoms with E-state index in [2.05, 4.69) is 20.8 Å². The smallest absolute Gasteiger partial charge is 0.305 e. The van der Waals surface area contributed by atoms with Gasteiger partial charge in [-0.05, 0) is 104 Å². The van der Waals surface area contributed by atoms with E-state index in [1.165, 1.54) is 32.8 Å². The lowest BCUT2D eigenvalue weighted by molar-refractivity contribution is -0.207. The third kappa shape index (κ3) is 4.15. The van der Waals surface area contributed by atoms with Crippen LogP contribution in [0.3, 0.4) is 0 Å². The van der Waals surface area contributed by atoms with Crippen LogP contribution in [0, 0.1) is 46.3 Å². The van der Waals surface area contributed by atoms with Gasteiger partial charge in [-0.15, -0.1) is 0 Å². The largest absolute Gasteiger partial charge is 0.469 e. The van der Waals surface area contributed by atoms with Crippen LogP contribution >= 0.6 is 0 Å². The van der Waals surface area contributed by atoms with Crippen LogP contribution in [-0.4, -0.2) is 44.3 Å². The molecule has 4 fully saturated rings. The Balaban J connectivity index is 1.57. The van der Waals surface area contributed by atoms with Crippen molar-refractivity contribution in [2.45, 2.75) is 97.2 Å². The molecular formula is C27H46O5. The molecule has 1 N–H and O–H groups in total. The minimum Gasteiger partial charge on any atom is -0.469 e. The van der Waals surface area contributed by atoms with Gasteiger partial charge < -0.3 is 19.3 Å². The van der Waals surface area contributed by atoms with Crippen LogP contribution in [0.15, 0.2) is 0 Å². The van der Waals surface area contributed by atoms with Crippen molar-refractivity contribution < 1.29 is 24.1 Å². The molecule has 0 spiro atoms. The first kappa shape index (κ1) is 24.5. The number of aliphatic hydroxyl groups excluding tert-OH is 1. The maximum atomic E-state index is 11.7. The van der Waals surface area contributed by atoms with Crippen molar-refractivity contribution in [2.24, 2.45) is 46.3 Å². The second kappa shape index (κ2) is 9.54. The van der Waals surface area contributed by atoms with Crippen LogP contribution < -0.4 is 0 Å². The summed E-state index contributed by atoms with van der Waals surface area (Å²) in [6, 6.07) is 0. The fourth-order valence-electron chi connectivity index (χ4n) is 9.13. The van der Waals surface area contributed by atoms with Crippen LogP contribution in [-0.2, 0) is 19.0 Å². The van der Waals surface area contributed by atoms with Gasteiger partial charge in [0.25, 0.3) is 0 Å². The number of fused-ring (bicyclic) bond motifs is 5. The molecule has 4 rings (SSSR count). The van der Waals surface area contributed by atoms with Gasteiger partial charge in [-0.25, -0.2) is 0 Å². The van der Waals surface area contributed by atoms with Gasteiger partial charge in [-0.2, -0.15) is 0 Å². The lowest BCUT2D eigenvalue weighted by Gasteiger charge is -2.63. The van der Waals surface area contributed by atoms with E-state index < -0.39 is 0 Å². The number of carbonyl (C=O) groups is 1. The summed E-state index contributed by atoms with van der Waals surface area (Å²) in [5, 5.41) is 10.4. The maximum absolute atomic E-state index is 11.7. The normalized spacial score (nSPS) is 46.6. The monoisotopic (exact) mass is 450 g/mol. The first-order valence-electron chi connectivity index (χ1n) is 13.1. The van der Waals surface area contributed by atoms with E-state index >= 15 is 0 Å². The molecule has 0 aliphatic heterocycles. The second-order valence-electron chi connectivity index (χ2n) is 12.1. The van der Waals surface area contributed by atoms with Gasteiger partial charge in [-0.3, -0.25) is 4.79 Å². The number of hydrogen-bond donors (Lipinski definition) is 1. The van der Waals surface area contributed by atoms with E-state index in [9.17, 15) is 9.90 Å². The zero-order valence-electron chi connectivity index (χ0n) is 21.0. The Bertz CT molecular complexity index is 666. The standard InChI is InChI=1S/C27H46O5/c1-17(6-9-24(29)31-5)20-7-8-21-25-22(11-13-27(20,21)3)26(2)12-10-19(28)14-18(26)15-23(25)32-16-30-4/h17-23,25,28H,6-16H2,1-5H3/t17-,18-,19-,20-,21+,22+,23-,25+,26+,27-/m1/s1. The number of hydrogen-bond acceptors (Lipinski definition) is 5. The molecule has 10 atom stereocenters. The second-order valence-corrected chi connectivity index (χ2v) is 12.1. The molecule has 0 aromatic heterocycles. The summed E-state index contributed by atoms with van der Waals surface area (Å²) in [5.74, 6) is 3.61. The molecule has 4 aliphatic rings. The van der Waals surface area contributed by atoms with Crippen LogP contribution in [0.5, 0.6) is 0 Å². The van der Waals surface area contributed by atoms with E-state index in [1.54, 1.807) is 7.11 Å². The molecule has 0 aromatic carbocycles. The van der Waals surface area contributed by atoms with E-state index in [-0.39, 0.29) is 18.2 Å². The molecule has 0 unspecified atom stereocenters. The highest BCUT2D eigenvalue weighted by Crippen LogP contribution is 2.68. The number of rotatable bonds is 7. The minimum absolute atomic E-state index is 0.0842. The first-order valence-corrected chi connectivity index (χ1v) is 13.1. The van der Waals surface area contributed by atoms with Gasteiger partial charge in [0, 0.05) is 13.5 Å². The van der Waals surface area contributed by atoms with Crippen LogP contribution in [0.25, 0.3) is 0 Å². The zero-order valence-corrected chi connectivity index (χ0v) is 21.0. The number of methoxy groups -OCH3 is 2. The molecular weight excluding hydrogens is 404 g/mol. The van der Waals surface area contributed by atoms with E-state index in [0.29, 0.717) is 59.6 Å². The number of aliphatic hydroxyl groups is 1. The topological polar surface area (TPSA) is 65.0 Å². The van der Waals surface area contributed by atoms with Gasteiger partial charge in [0.15, 0.2) is 0 Å². The summed E-state index contributed by atoms with van der Waals surface area (Å²) in [4.78, 5) is 11.7. The molecule has 5 heteroatoms. The van der Waals surface area contributed by atoms with Crippen LogP contribution in [0.2, 0.25) is 0 Å². The first-order chi connectivity index (χ1) is 15.2. The summed E-state index contributed by atoms with van der Waals surface area (Å²) < 4.78 is 16.7. The van der Waals surface area contributed by atoms with Crippen molar-refractivity contribution in [1.82, 2.24) is 0 Å². The lowest BCUT2D eigenvalue weighted by atomic mass is 9.43. The predicted molar refractivity (Wildman–Crippen MR) is 124 cm³/mol. The Hall–Kier alpha value is -0.650. The predicted octanol–water partition coefficient (Wildman–Crippen LogP) is 5.19. The highest BCUT2D eigenvalue weighted by atomic mass is 16.7. The van der Waals surface area contributed by atoms with E-state index in [1.807, 2.05) is 0 Å². The molecule has 0 bridgehead atoms. The number of carbonyl (C=O) groups excluding carboxylic acids is 1.